The van der Waals surface area contributed by atoms with Gasteiger partial charge in [0.05, 0.1) is 27.9 Å². The van der Waals surface area contributed by atoms with Crippen LogP contribution in [-0.2, 0) is 11.0 Å². The van der Waals surface area contributed by atoms with E-state index in [9.17, 15) is 4.21 Å². The number of rotatable bonds is 6. The largest absolute Gasteiger partial charge is 0.463 e. The van der Waals surface area contributed by atoms with Crippen LogP contribution in [0.4, 0.5) is 17.2 Å². The van der Waals surface area contributed by atoms with E-state index in [0.717, 1.165) is 11.4 Å². The van der Waals surface area contributed by atoms with Crippen LogP contribution in [0.1, 0.15) is 0 Å². The van der Waals surface area contributed by atoms with E-state index < -0.39 is 11.0 Å². The molecule has 0 amide bonds. The second-order valence-electron chi connectivity index (χ2n) is 6.17. The van der Waals surface area contributed by atoms with Crippen molar-refractivity contribution in [3.8, 4) is 11.5 Å². The van der Waals surface area contributed by atoms with E-state index in [0.29, 0.717) is 33.2 Å². The van der Waals surface area contributed by atoms with Crippen molar-refractivity contribution in [2.45, 2.75) is 4.90 Å². The number of anilines is 3. The summed E-state index contributed by atoms with van der Waals surface area (Å²) >= 11 is 0. The van der Waals surface area contributed by atoms with Gasteiger partial charge >= 0.3 is 0 Å². The SMILES string of the molecule is CNS(=O)c1ccc(N(C)C)c(Nc2ncnc3n[nH]c(-c4ccco4)c23)c1. The molecule has 1 atom stereocenters. The summed E-state index contributed by atoms with van der Waals surface area (Å²) in [5.41, 5.74) is 2.89. The summed E-state index contributed by atoms with van der Waals surface area (Å²) in [6.45, 7) is 0. The summed E-state index contributed by atoms with van der Waals surface area (Å²) in [5.74, 6) is 1.21. The van der Waals surface area contributed by atoms with Crippen molar-refractivity contribution >= 4 is 39.2 Å². The van der Waals surface area contributed by atoms with Crippen molar-refractivity contribution in [3.05, 3.63) is 42.9 Å². The Hall–Kier alpha value is -3.24. The number of aromatic nitrogens is 4. The highest BCUT2D eigenvalue weighted by Crippen LogP contribution is 2.34. The minimum Gasteiger partial charge on any atom is -0.463 e. The Morgan fingerprint density at radius 2 is 2.07 bits per heavy atom. The Morgan fingerprint density at radius 1 is 1.21 bits per heavy atom. The molecule has 1 unspecified atom stereocenters. The molecule has 0 fully saturated rings. The first-order chi connectivity index (χ1) is 13.6. The molecular formula is C18H19N7O2S. The third-order valence-electron chi connectivity index (χ3n) is 4.22. The zero-order chi connectivity index (χ0) is 19.7. The number of aromatic amines is 1. The van der Waals surface area contributed by atoms with Gasteiger partial charge in [0.15, 0.2) is 11.4 Å². The number of benzene rings is 1. The van der Waals surface area contributed by atoms with Crippen molar-refractivity contribution in [3.63, 3.8) is 0 Å². The van der Waals surface area contributed by atoms with Crippen molar-refractivity contribution < 1.29 is 8.63 Å². The Labute approximate surface area is 163 Å². The highest BCUT2D eigenvalue weighted by Gasteiger charge is 2.18. The van der Waals surface area contributed by atoms with Gasteiger partial charge in [0.2, 0.25) is 0 Å². The summed E-state index contributed by atoms with van der Waals surface area (Å²) in [6.07, 6.45) is 3.04. The molecule has 0 aliphatic rings. The molecule has 0 spiro atoms. The Kier molecular flexibility index (Phi) is 4.80. The van der Waals surface area contributed by atoms with Crippen molar-refractivity contribution in [1.82, 2.24) is 24.9 Å². The number of fused-ring (bicyclic) bond motifs is 1. The molecule has 144 valence electrons. The van der Waals surface area contributed by atoms with E-state index in [2.05, 4.69) is 30.2 Å². The number of nitrogens with zero attached hydrogens (tertiary/aromatic N) is 4. The minimum absolute atomic E-state index is 0.519. The van der Waals surface area contributed by atoms with Gasteiger partial charge in [-0.2, -0.15) is 5.10 Å². The van der Waals surface area contributed by atoms with E-state index >= 15 is 0 Å². The quantitative estimate of drug-likeness (QED) is 0.458. The Balaban J connectivity index is 1.84. The van der Waals surface area contributed by atoms with Gasteiger partial charge in [-0.1, -0.05) is 0 Å². The van der Waals surface area contributed by atoms with Crippen molar-refractivity contribution in [2.75, 3.05) is 31.4 Å². The zero-order valence-electron chi connectivity index (χ0n) is 15.6. The van der Waals surface area contributed by atoms with Gasteiger partial charge in [-0.05, 0) is 37.4 Å². The van der Waals surface area contributed by atoms with Crippen molar-refractivity contribution in [1.29, 1.82) is 0 Å². The van der Waals surface area contributed by atoms with Crippen LogP contribution < -0.4 is 14.9 Å². The van der Waals surface area contributed by atoms with Crippen LogP contribution in [0.5, 0.6) is 0 Å². The van der Waals surface area contributed by atoms with Crippen LogP contribution in [0.15, 0.2) is 52.2 Å². The molecule has 0 aliphatic heterocycles. The fraction of sp³-hybridized carbons (Fsp3) is 0.167. The number of nitrogens with one attached hydrogen (secondary N) is 3. The number of furan rings is 1. The van der Waals surface area contributed by atoms with Crippen LogP contribution in [0, 0.1) is 0 Å². The lowest BCUT2D eigenvalue weighted by atomic mass is 10.2. The summed E-state index contributed by atoms with van der Waals surface area (Å²) in [4.78, 5) is 11.3. The summed E-state index contributed by atoms with van der Waals surface area (Å²) in [7, 11) is 4.23. The van der Waals surface area contributed by atoms with E-state index in [1.807, 2.05) is 43.3 Å². The maximum absolute atomic E-state index is 12.2. The minimum atomic E-state index is -1.30. The summed E-state index contributed by atoms with van der Waals surface area (Å²) in [5, 5.41) is 11.3. The van der Waals surface area contributed by atoms with Gasteiger partial charge < -0.3 is 14.6 Å². The smallest absolute Gasteiger partial charge is 0.186 e. The van der Waals surface area contributed by atoms with Crippen LogP contribution >= 0.6 is 0 Å². The standard InChI is InChI=1S/C18H19N7O2S/c1-19-28(26)11-6-7-13(25(2)3)12(9-11)22-17-15-16(14-5-4-8-27-14)23-24-18(15)21-10-20-17/h4-10,19H,1-3H3,(H2,20,21,22,23,24). The molecule has 3 aromatic heterocycles. The van der Waals surface area contributed by atoms with E-state index in [1.165, 1.54) is 6.33 Å². The molecule has 4 aromatic rings. The van der Waals surface area contributed by atoms with Crippen LogP contribution in [0.25, 0.3) is 22.5 Å². The fourth-order valence-electron chi connectivity index (χ4n) is 2.92. The molecule has 0 saturated carbocycles. The topological polar surface area (TPSA) is 112 Å². The van der Waals surface area contributed by atoms with Gasteiger partial charge in [0, 0.05) is 14.1 Å². The Morgan fingerprint density at radius 3 is 2.79 bits per heavy atom. The summed E-state index contributed by atoms with van der Waals surface area (Å²) < 4.78 is 20.4. The van der Waals surface area contributed by atoms with E-state index in [1.54, 1.807) is 19.4 Å². The molecule has 3 N–H and O–H groups in total. The number of H-pyrrole nitrogens is 1. The lowest BCUT2D eigenvalue weighted by molar-refractivity contribution is 0.580. The first kappa shape index (κ1) is 18.1. The molecule has 4 rings (SSSR count). The monoisotopic (exact) mass is 397 g/mol. The van der Waals surface area contributed by atoms with Gasteiger partial charge in [0.25, 0.3) is 0 Å². The fourth-order valence-corrected chi connectivity index (χ4v) is 3.57. The second kappa shape index (κ2) is 7.41. The van der Waals surface area contributed by atoms with Crippen LogP contribution in [0.2, 0.25) is 0 Å². The molecular weight excluding hydrogens is 378 g/mol. The molecule has 3 heterocycles. The van der Waals surface area contributed by atoms with Gasteiger partial charge in [-0.25, -0.2) is 18.9 Å². The number of hydrogen-bond acceptors (Lipinski definition) is 7. The van der Waals surface area contributed by atoms with Gasteiger partial charge in [-0.3, -0.25) is 5.10 Å². The lowest BCUT2D eigenvalue weighted by Gasteiger charge is -2.19. The van der Waals surface area contributed by atoms with Gasteiger partial charge in [0.1, 0.15) is 28.8 Å². The van der Waals surface area contributed by atoms with Gasteiger partial charge in [-0.15, -0.1) is 0 Å². The third kappa shape index (κ3) is 3.23. The second-order valence-corrected chi connectivity index (χ2v) is 7.59. The van der Waals surface area contributed by atoms with Crippen LogP contribution in [-0.4, -0.2) is 45.5 Å². The molecule has 28 heavy (non-hydrogen) atoms. The molecule has 0 radical (unpaired) electrons. The van der Waals surface area contributed by atoms with E-state index in [-0.39, 0.29) is 0 Å². The molecule has 10 heteroatoms. The zero-order valence-corrected chi connectivity index (χ0v) is 16.4. The molecule has 1 aromatic carbocycles. The normalized spacial score (nSPS) is 12.2. The first-order valence-electron chi connectivity index (χ1n) is 8.49. The molecule has 0 saturated heterocycles. The highest BCUT2D eigenvalue weighted by atomic mass is 32.2. The highest BCUT2D eigenvalue weighted by molar-refractivity contribution is 7.83. The third-order valence-corrected chi connectivity index (χ3v) is 5.27. The van der Waals surface area contributed by atoms with Crippen molar-refractivity contribution in [2.24, 2.45) is 0 Å². The molecule has 0 aliphatic carbocycles. The predicted molar refractivity (Wildman–Crippen MR) is 109 cm³/mol. The Bertz CT molecular complexity index is 1140. The summed E-state index contributed by atoms with van der Waals surface area (Å²) in [6, 6.07) is 9.22. The van der Waals surface area contributed by atoms with E-state index in [4.69, 9.17) is 4.42 Å². The maximum atomic E-state index is 12.2. The lowest BCUT2D eigenvalue weighted by Crippen LogP contribution is -2.14. The maximum Gasteiger partial charge on any atom is 0.186 e. The van der Waals surface area contributed by atoms with Crippen LogP contribution in [0.3, 0.4) is 0 Å². The average molecular weight is 397 g/mol. The first-order valence-corrected chi connectivity index (χ1v) is 9.64. The average Bonchev–Trinajstić information content (AvgIpc) is 3.37. The predicted octanol–water partition coefficient (Wildman–Crippen LogP) is 2.66. The molecule has 9 nitrogen and oxygen atoms in total. The number of hydrogen-bond donors (Lipinski definition) is 3. The molecule has 0 bridgehead atoms.